The van der Waals surface area contributed by atoms with Gasteiger partial charge in [0, 0.05) is 44.5 Å². The smallest absolute Gasteiger partial charge is 0.426 e. The molecule has 540 valence electrons. The summed E-state index contributed by atoms with van der Waals surface area (Å²) in [6.07, 6.45) is 54.6. The van der Waals surface area contributed by atoms with Gasteiger partial charge in [-0.2, -0.15) is 16.8 Å². The standard InChI is InChI=1S/C62H121NO13S4.2C2H6O2S/c1-8-10-12-14-16-18-20-22-24-26-28-30-32-34-36-38-40-42-44-46-48-71-52-62(5)53-72-80(51-57(75-79(7,69)70)58(63-55(4)65)59(76-80)54(3)56(50-64)74-78(6,67)68)61(66)73-60(62)77-49-47-45-43-41-39-37-35-33-31-29-27-25-23-21-19-17-15-13-11-9-2;2*1-5(2,3)4/h54,56-60,64H,8-53H2,1-7H3,(H,63,65);2*1-2H3/t54?,56-,57?,58?,59?,60?,62-;;/m1../s1. The highest BCUT2D eigenvalue weighted by Crippen LogP contribution is 2.62. The average Bonchev–Trinajstić information content (AvgIpc) is 1.30. The summed E-state index contributed by atoms with van der Waals surface area (Å²) in [5.74, 6) is -1.24. The first kappa shape index (κ1) is 89.2. The number of carbonyl (C=O) groups excluding carboxylic acids is 2. The summed E-state index contributed by atoms with van der Waals surface area (Å²) < 4.78 is 126. The van der Waals surface area contributed by atoms with Gasteiger partial charge in [-0.15, -0.1) is 11.8 Å². The molecule has 2 heterocycles. The highest BCUT2D eigenvalue weighted by Gasteiger charge is 2.56. The number of amides is 1. The summed E-state index contributed by atoms with van der Waals surface area (Å²) in [6, 6.07) is -1.21. The van der Waals surface area contributed by atoms with Gasteiger partial charge in [0.2, 0.25) is 5.91 Å². The molecule has 0 saturated carbocycles. The van der Waals surface area contributed by atoms with E-state index >= 15 is 0 Å². The van der Waals surface area contributed by atoms with Gasteiger partial charge in [0.15, 0.2) is 5.44 Å². The quantitative estimate of drug-likeness (QED) is 0.0326. The number of unbranched alkanes of at least 4 members (excludes halogenated alkanes) is 38. The lowest BCUT2D eigenvalue weighted by Gasteiger charge is -2.52. The average molecular weight is 1410 g/mol. The van der Waals surface area contributed by atoms with Crippen molar-refractivity contribution in [1.29, 1.82) is 0 Å². The molecule has 0 aromatic rings. The molecule has 2 N–H and O–H groups in total. The Morgan fingerprint density at radius 2 is 0.933 bits per heavy atom. The van der Waals surface area contributed by atoms with Crippen LogP contribution in [0.5, 0.6) is 0 Å². The van der Waals surface area contributed by atoms with Crippen molar-refractivity contribution in [3.8, 4) is 0 Å². The van der Waals surface area contributed by atoms with E-state index in [1.165, 1.54) is 232 Å². The van der Waals surface area contributed by atoms with Gasteiger partial charge in [-0.1, -0.05) is 282 Å². The summed E-state index contributed by atoms with van der Waals surface area (Å²) in [5, 5.41) is 12.2. The predicted octanol–water partition coefficient (Wildman–Crippen LogP) is 16.1. The normalized spacial score (nSPS) is 22.1. The SMILES string of the molecule is CCCCCCCCCCCCCCCCCCCCCCOC[C@]1(C)COS2(CC(OS(C)(=O)=O)C(NC(C)=O)C(C(C)[C@@H](CO)OS(C)(=O)=O)O2)C(=O)OC1SCCCCCCCCCCCCCCCCCCCCCC.CS(C)(=O)=O.CS(C)(=O)=O. The van der Waals surface area contributed by atoms with E-state index in [2.05, 4.69) is 19.2 Å². The summed E-state index contributed by atoms with van der Waals surface area (Å²) in [6.45, 7) is 9.27. The number of sulfone groups is 2. The van der Waals surface area contributed by atoms with Crippen LogP contribution in [0.1, 0.15) is 291 Å². The second-order valence-corrected chi connectivity index (χ2v) is 37.8. The monoisotopic (exact) mass is 1400 g/mol. The number of aliphatic hydroxyl groups is 1. The molecule has 2 fully saturated rings. The number of carbonyl (C=O) groups is 2. The zero-order valence-electron chi connectivity index (χ0n) is 58.4. The zero-order valence-corrected chi connectivity index (χ0v) is 63.3. The van der Waals surface area contributed by atoms with Crippen molar-refractivity contribution >= 4 is 73.5 Å². The highest BCUT2D eigenvalue weighted by atomic mass is 32.3. The Morgan fingerprint density at radius 1 is 0.589 bits per heavy atom. The lowest BCUT2D eigenvalue weighted by atomic mass is 9.90. The summed E-state index contributed by atoms with van der Waals surface area (Å²) in [5.41, 5.74) is -1.53. The highest BCUT2D eigenvalue weighted by molar-refractivity contribution is 8.37. The molecule has 1 spiro atoms. The molecule has 24 heteroatoms. The first-order chi connectivity index (χ1) is 42.4. The molecular weight excluding hydrogens is 1270 g/mol. The van der Waals surface area contributed by atoms with Gasteiger partial charge in [-0.05, 0) is 18.6 Å². The Balaban J connectivity index is 0.00000729. The van der Waals surface area contributed by atoms with Crippen LogP contribution in [0.2, 0.25) is 0 Å². The summed E-state index contributed by atoms with van der Waals surface area (Å²) in [4.78, 5) is 27.3. The molecule has 90 heavy (non-hydrogen) atoms. The lowest BCUT2D eigenvalue weighted by molar-refractivity contribution is -0.122. The van der Waals surface area contributed by atoms with E-state index in [-0.39, 0.29) is 13.2 Å². The van der Waals surface area contributed by atoms with Crippen LogP contribution in [0.3, 0.4) is 0 Å². The largest absolute Gasteiger partial charge is 0.435 e. The Kier molecular flexibility index (Phi) is 51.9. The molecule has 18 nitrogen and oxygen atoms in total. The first-order valence-electron chi connectivity index (χ1n) is 34.9. The van der Waals surface area contributed by atoms with Crippen molar-refractivity contribution in [2.45, 2.75) is 321 Å². The number of aliphatic hydroxyl groups excluding tert-OH is 1. The van der Waals surface area contributed by atoms with Gasteiger partial charge < -0.3 is 19.9 Å². The minimum atomic E-state index is -4.19. The van der Waals surface area contributed by atoms with E-state index in [0.29, 0.717) is 6.61 Å². The van der Waals surface area contributed by atoms with Crippen LogP contribution in [-0.2, 0) is 70.9 Å². The summed E-state index contributed by atoms with van der Waals surface area (Å²) in [7, 11) is -17.1. The molecule has 0 aromatic heterocycles. The van der Waals surface area contributed by atoms with Crippen molar-refractivity contribution in [1.82, 2.24) is 5.32 Å². The Labute approximate surface area is 557 Å². The topological polar surface area (TPSA) is 258 Å². The number of thioether (sulfide) groups is 1. The zero-order chi connectivity index (χ0) is 67.8. The molecular formula is C66H133NO17S6. The minimum absolute atomic E-state index is 0.0367. The molecule has 0 aliphatic carbocycles. The number of cyclic esters (lactones) is 1. The maximum Gasteiger partial charge on any atom is 0.426 e. The number of hydrogen-bond acceptors (Lipinski definition) is 18. The van der Waals surface area contributed by atoms with Crippen LogP contribution < -0.4 is 5.32 Å². The molecule has 0 bridgehead atoms. The van der Waals surface area contributed by atoms with E-state index in [9.17, 15) is 48.4 Å². The Morgan fingerprint density at radius 3 is 1.26 bits per heavy atom. The fourth-order valence-electron chi connectivity index (χ4n) is 11.2. The third-order valence-electron chi connectivity index (χ3n) is 16.1. The van der Waals surface area contributed by atoms with E-state index in [4.69, 9.17) is 26.2 Å². The summed E-state index contributed by atoms with van der Waals surface area (Å²) >= 11 is 1.54. The maximum atomic E-state index is 14.7. The van der Waals surface area contributed by atoms with Crippen LogP contribution >= 0.6 is 22.4 Å². The molecule has 2 saturated heterocycles. The lowest BCUT2D eigenvalue weighted by Crippen LogP contribution is -2.62. The number of nitrogens with one attached hydrogen (secondary N) is 1. The van der Waals surface area contributed by atoms with E-state index in [0.717, 1.165) is 81.8 Å². The van der Waals surface area contributed by atoms with Crippen molar-refractivity contribution in [3.63, 3.8) is 0 Å². The van der Waals surface area contributed by atoms with Gasteiger partial charge in [-0.3, -0.25) is 21.5 Å². The number of hydrogen-bond donors (Lipinski definition) is 2. The minimum Gasteiger partial charge on any atom is -0.435 e. The first-order valence-corrected chi connectivity index (χ1v) is 45.8. The van der Waals surface area contributed by atoms with E-state index < -0.39 is 115 Å². The fraction of sp³-hybridized carbons (Fsp3) is 0.970. The van der Waals surface area contributed by atoms with Gasteiger partial charge >= 0.3 is 5.30 Å². The van der Waals surface area contributed by atoms with Crippen LogP contribution in [0.25, 0.3) is 0 Å². The second-order valence-electron chi connectivity index (χ2n) is 26.5. The number of ether oxygens (including phenoxy) is 2. The Hall–Kier alpha value is -0.800. The van der Waals surface area contributed by atoms with E-state index in [1.807, 2.05) is 6.92 Å². The van der Waals surface area contributed by atoms with Crippen molar-refractivity contribution < 1.29 is 74.6 Å². The second kappa shape index (κ2) is 52.3. The van der Waals surface area contributed by atoms with Gasteiger partial charge in [-0.25, -0.2) is 21.6 Å². The molecule has 8 atom stereocenters. The molecule has 2 aliphatic rings. The molecule has 6 unspecified atom stereocenters. The molecule has 1 amide bonds. The fourth-order valence-corrected chi connectivity index (χ4v) is 16.5. The molecule has 0 aromatic carbocycles. The van der Waals surface area contributed by atoms with Crippen molar-refractivity contribution in [2.24, 2.45) is 11.3 Å². The van der Waals surface area contributed by atoms with Gasteiger partial charge in [0.1, 0.15) is 38.0 Å². The van der Waals surface area contributed by atoms with Crippen LogP contribution in [0, 0.1) is 11.3 Å². The maximum absolute atomic E-state index is 14.7. The van der Waals surface area contributed by atoms with Crippen molar-refractivity contribution in [2.75, 3.05) is 75.5 Å². The van der Waals surface area contributed by atoms with Crippen molar-refractivity contribution in [3.05, 3.63) is 0 Å². The molecule has 2 aliphatic heterocycles. The molecule has 0 radical (unpaired) electrons. The Bertz CT molecular complexity index is 2220. The van der Waals surface area contributed by atoms with Gasteiger partial charge in [0.25, 0.3) is 20.2 Å². The number of rotatable bonds is 53. The van der Waals surface area contributed by atoms with Crippen LogP contribution in [0.15, 0.2) is 0 Å². The molecule has 2 rings (SSSR count). The third-order valence-corrected chi connectivity index (χ3v) is 21.2. The predicted molar refractivity (Wildman–Crippen MR) is 376 cm³/mol. The van der Waals surface area contributed by atoms with Crippen LogP contribution in [0.4, 0.5) is 4.79 Å². The third kappa shape index (κ3) is 51.5. The van der Waals surface area contributed by atoms with Crippen LogP contribution in [-0.4, -0.2) is 155 Å². The van der Waals surface area contributed by atoms with E-state index in [1.54, 1.807) is 11.8 Å². The van der Waals surface area contributed by atoms with Gasteiger partial charge in [0.05, 0.1) is 49.5 Å².